The minimum absolute atomic E-state index is 0.309. The van der Waals surface area contributed by atoms with Gasteiger partial charge in [0.1, 0.15) is 30.4 Å². The van der Waals surface area contributed by atoms with Crippen molar-refractivity contribution in [2.45, 2.75) is 52.7 Å². The van der Waals surface area contributed by atoms with Crippen molar-refractivity contribution >= 4 is 11.7 Å². The van der Waals surface area contributed by atoms with E-state index in [4.69, 9.17) is 14.0 Å². The van der Waals surface area contributed by atoms with E-state index in [0.29, 0.717) is 38.4 Å². The summed E-state index contributed by atoms with van der Waals surface area (Å²) in [6.07, 6.45) is 2.61. The van der Waals surface area contributed by atoms with Gasteiger partial charge in [-0.25, -0.2) is 4.98 Å². The van der Waals surface area contributed by atoms with E-state index in [0.717, 1.165) is 46.0 Å². The summed E-state index contributed by atoms with van der Waals surface area (Å²) in [4.78, 5) is 21.6. The summed E-state index contributed by atoms with van der Waals surface area (Å²) in [5.41, 5.74) is 4.44. The number of carboxylic acids is 1. The number of hydrogen-bond donors (Lipinski definition) is 1. The van der Waals surface area contributed by atoms with E-state index >= 15 is 0 Å². The van der Waals surface area contributed by atoms with Gasteiger partial charge < -0.3 is 19.1 Å². The van der Waals surface area contributed by atoms with Crippen molar-refractivity contribution in [3.8, 4) is 17.2 Å². The van der Waals surface area contributed by atoms with E-state index in [2.05, 4.69) is 10.1 Å². The van der Waals surface area contributed by atoms with Crippen molar-refractivity contribution in [3.63, 3.8) is 0 Å². The van der Waals surface area contributed by atoms with Crippen molar-refractivity contribution in [2.24, 2.45) is 11.1 Å². The molecule has 202 valence electrons. The Hall–Kier alpha value is -4.39. The van der Waals surface area contributed by atoms with Gasteiger partial charge in [0.2, 0.25) is 5.89 Å². The summed E-state index contributed by atoms with van der Waals surface area (Å²) in [7, 11) is 0. The summed E-state index contributed by atoms with van der Waals surface area (Å²) in [6, 6.07) is 27.3. The number of aryl methyl sites for hydroxylation is 1. The number of carbonyl (C=O) groups is 1. The first-order chi connectivity index (χ1) is 19.0. The molecule has 4 rings (SSSR count). The molecule has 0 saturated heterocycles. The molecule has 7 nitrogen and oxygen atoms in total. The highest BCUT2D eigenvalue weighted by Gasteiger charge is 2.15. The van der Waals surface area contributed by atoms with Crippen LogP contribution in [0.3, 0.4) is 0 Å². The Morgan fingerprint density at radius 2 is 1.67 bits per heavy atom. The first-order valence-electron chi connectivity index (χ1n) is 13.2. The number of oxazole rings is 1. The Morgan fingerprint density at radius 1 is 0.974 bits per heavy atom. The van der Waals surface area contributed by atoms with Gasteiger partial charge >= 0.3 is 5.97 Å². The number of hydrogen-bond acceptors (Lipinski definition) is 6. The lowest BCUT2D eigenvalue weighted by molar-refractivity contribution is -0.142. The number of nitrogens with zero attached hydrogens (tertiary/aromatic N) is 2. The van der Waals surface area contributed by atoms with E-state index in [1.54, 1.807) is 0 Å². The molecule has 39 heavy (non-hydrogen) atoms. The minimum atomic E-state index is -0.743. The Bertz CT molecular complexity index is 1350. The molecular formula is C32H34N2O5. The summed E-state index contributed by atoms with van der Waals surface area (Å²) in [6.45, 7) is 4.41. The highest BCUT2D eigenvalue weighted by atomic mass is 16.6. The molecule has 0 amide bonds. The SMILES string of the molecule is CCC(CCCC(=NOCc1ccc(OCc2nc(-c3ccccc3)oc2C)cc1)c1ccccc1)C(=O)O. The van der Waals surface area contributed by atoms with Crippen LogP contribution in [-0.4, -0.2) is 21.8 Å². The van der Waals surface area contributed by atoms with Gasteiger partial charge in [-0.15, -0.1) is 0 Å². The number of rotatable bonds is 14. The molecule has 1 heterocycles. The second-order valence-corrected chi connectivity index (χ2v) is 9.33. The fraction of sp³-hybridized carbons (Fsp3) is 0.281. The smallest absolute Gasteiger partial charge is 0.306 e. The molecule has 3 aromatic carbocycles. The second kappa shape index (κ2) is 14.0. The summed E-state index contributed by atoms with van der Waals surface area (Å²) in [5.74, 6) is 0.968. The second-order valence-electron chi connectivity index (χ2n) is 9.33. The van der Waals surface area contributed by atoms with Crippen LogP contribution in [0.5, 0.6) is 5.75 Å². The summed E-state index contributed by atoms with van der Waals surface area (Å²) < 4.78 is 11.7. The van der Waals surface area contributed by atoms with Gasteiger partial charge in [0.05, 0.1) is 11.6 Å². The van der Waals surface area contributed by atoms with E-state index in [1.165, 1.54) is 0 Å². The van der Waals surface area contributed by atoms with Crippen LogP contribution in [0.4, 0.5) is 0 Å². The first kappa shape index (κ1) is 27.6. The van der Waals surface area contributed by atoms with Crippen molar-refractivity contribution in [1.29, 1.82) is 0 Å². The summed E-state index contributed by atoms with van der Waals surface area (Å²) >= 11 is 0. The topological polar surface area (TPSA) is 94.2 Å². The number of oxime groups is 1. The molecule has 1 aromatic heterocycles. The van der Waals surface area contributed by atoms with E-state index in [-0.39, 0.29) is 5.92 Å². The maximum absolute atomic E-state index is 11.3. The molecule has 0 radical (unpaired) electrons. The van der Waals surface area contributed by atoms with Gasteiger partial charge in [0, 0.05) is 5.56 Å². The normalized spacial score (nSPS) is 12.2. The molecule has 0 saturated carbocycles. The van der Waals surface area contributed by atoms with Crippen molar-refractivity contribution < 1.29 is 23.9 Å². The lowest BCUT2D eigenvalue weighted by Crippen LogP contribution is -2.13. The van der Waals surface area contributed by atoms with Crippen LogP contribution in [0.15, 0.2) is 94.5 Å². The molecule has 1 N–H and O–H groups in total. The minimum Gasteiger partial charge on any atom is -0.487 e. The lowest BCUT2D eigenvalue weighted by Gasteiger charge is -2.11. The van der Waals surface area contributed by atoms with Crippen LogP contribution in [-0.2, 0) is 22.8 Å². The van der Waals surface area contributed by atoms with E-state index in [1.807, 2.05) is 98.8 Å². The van der Waals surface area contributed by atoms with Crippen LogP contribution >= 0.6 is 0 Å². The zero-order chi connectivity index (χ0) is 27.5. The van der Waals surface area contributed by atoms with Crippen molar-refractivity contribution in [3.05, 3.63) is 108 Å². The molecule has 1 atom stereocenters. The highest BCUT2D eigenvalue weighted by Crippen LogP contribution is 2.23. The van der Waals surface area contributed by atoms with Gasteiger partial charge in [-0.3, -0.25) is 4.79 Å². The third-order valence-corrected chi connectivity index (χ3v) is 6.53. The average molecular weight is 527 g/mol. The summed E-state index contributed by atoms with van der Waals surface area (Å²) in [5, 5.41) is 13.7. The number of benzene rings is 3. The molecule has 1 unspecified atom stereocenters. The molecule has 0 aliphatic rings. The fourth-order valence-corrected chi connectivity index (χ4v) is 4.18. The van der Waals surface area contributed by atoms with Crippen molar-refractivity contribution in [2.75, 3.05) is 0 Å². The molecule has 0 aliphatic heterocycles. The Kier molecular flexibility index (Phi) is 9.89. The zero-order valence-electron chi connectivity index (χ0n) is 22.4. The molecule has 7 heteroatoms. The first-order valence-corrected chi connectivity index (χ1v) is 13.2. The average Bonchev–Trinajstić information content (AvgIpc) is 3.35. The Morgan fingerprint density at radius 3 is 2.33 bits per heavy atom. The standard InChI is InChI=1S/C32H34N2O5/c1-3-25(32(35)36)15-10-16-29(26-11-6-4-7-12-26)34-38-21-24-17-19-28(20-18-24)37-22-30-23(2)39-31(33-30)27-13-8-5-9-14-27/h4-9,11-14,17-20,25H,3,10,15-16,21-22H2,1-2H3,(H,35,36). The van der Waals surface area contributed by atoms with Gasteiger partial charge in [-0.1, -0.05) is 72.7 Å². The Labute approximate surface area is 229 Å². The van der Waals surface area contributed by atoms with Gasteiger partial charge in [-0.2, -0.15) is 0 Å². The van der Waals surface area contributed by atoms with E-state index < -0.39 is 5.97 Å². The largest absolute Gasteiger partial charge is 0.487 e. The number of carboxylic acid groups (broad SMARTS) is 1. The predicted molar refractivity (Wildman–Crippen MR) is 150 cm³/mol. The number of aliphatic carboxylic acids is 1. The van der Waals surface area contributed by atoms with Gasteiger partial charge in [0.25, 0.3) is 0 Å². The molecule has 4 aromatic rings. The maximum atomic E-state index is 11.3. The van der Waals surface area contributed by atoms with Crippen molar-refractivity contribution in [1.82, 2.24) is 4.98 Å². The zero-order valence-corrected chi connectivity index (χ0v) is 22.4. The van der Waals surface area contributed by atoms with Crippen LogP contribution in [0.2, 0.25) is 0 Å². The van der Waals surface area contributed by atoms with Gasteiger partial charge in [-0.05, 0) is 68.0 Å². The Balaban J connectivity index is 1.31. The molecular weight excluding hydrogens is 492 g/mol. The molecule has 0 fully saturated rings. The maximum Gasteiger partial charge on any atom is 0.306 e. The van der Waals surface area contributed by atoms with Crippen LogP contribution in [0.1, 0.15) is 55.2 Å². The highest BCUT2D eigenvalue weighted by molar-refractivity contribution is 6.00. The van der Waals surface area contributed by atoms with Crippen LogP contribution in [0.25, 0.3) is 11.5 Å². The predicted octanol–water partition coefficient (Wildman–Crippen LogP) is 7.43. The molecule has 0 aliphatic carbocycles. The fourth-order valence-electron chi connectivity index (χ4n) is 4.18. The van der Waals surface area contributed by atoms with Crippen LogP contribution < -0.4 is 4.74 Å². The number of aromatic nitrogens is 1. The molecule has 0 spiro atoms. The molecule has 0 bridgehead atoms. The van der Waals surface area contributed by atoms with E-state index in [9.17, 15) is 9.90 Å². The van der Waals surface area contributed by atoms with Gasteiger partial charge in [0.15, 0.2) is 0 Å². The third-order valence-electron chi connectivity index (χ3n) is 6.53. The lowest BCUT2D eigenvalue weighted by atomic mass is 9.97. The van der Waals surface area contributed by atoms with Crippen LogP contribution in [0, 0.1) is 12.8 Å². The quantitative estimate of drug-likeness (QED) is 0.136. The third kappa shape index (κ3) is 8.04. The number of ether oxygens (including phenoxy) is 1. The monoisotopic (exact) mass is 526 g/mol.